The van der Waals surface area contributed by atoms with E-state index in [1.54, 1.807) is 12.1 Å². The normalized spacial score (nSPS) is 14.9. The minimum Gasteiger partial charge on any atom is -0.376 e. The molecule has 0 heterocycles. The highest BCUT2D eigenvalue weighted by Gasteiger charge is 2.21. The van der Waals surface area contributed by atoms with Crippen LogP contribution in [0.4, 0.5) is 11.4 Å². The molecule has 1 aliphatic carbocycles. The summed E-state index contributed by atoms with van der Waals surface area (Å²) in [5.74, 6) is -0.205. The molecule has 0 saturated heterocycles. The predicted octanol–water partition coefficient (Wildman–Crippen LogP) is 4.85. The van der Waals surface area contributed by atoms with Crippen LogP contribution in [-0.4, -0.2) is 18.4 Å². The Bertz CT molecular complexity index is 1080. The van der Waals surface area contributed by atoms with Gasteiger partial charge >= 0.3 is 0 Å². The molecule has 0 saturated carbocycles. The van der Waals surface area contributed by atoms with E-state index < -0.39 is 0 Å². The Balaban J connectivity index is 1.37. The third-order valence-electron chi connectivity index (χ3n) is 5.68. The standard InChI is InChI=1S/C26H27N3O2/c1-18-14-15-21(28-26(31)20-9-3-2-4-10-20)16-24(18)27-17-25(30)29-23-13-7-11-19-8-5-6-12-22(19)23/h2-6,8-10,12,14-16,23,27H,7,11,13,17H2,1H3,(H,28,31)(H,29,30). The Morgan fingerprint density at radius 2 is 1.74 bits per heavy atom. The first-order valence-electron chi connectivity index (χ1n) is 10.7. The molecule has 5 heteroatoms. The zero-order chi connectivity index (χ0) is 21.6. The van der Waals surface area contributed by atoms with Gasteiger partial charge in [-0.05, 0) is 67.1 Å². The number of nitrogens with one attached hydrogen (secondary N) is 3. The maximum Gasteiger partial charge on any atom is 0.255 e. The average molecular weight is 414 g/mol. The molecule has 1 aliphatic rings. The van der Waals surface area contributed by atoms with Crippen molar-refractivity contribution in [3.8, 4) is 0 Å². The topological polar surface area (TPSA) is 70.2 Å². The number of rotatable bonds is 6. The molecule has 5 nitrogen and oxygen atoms in total. The van der Waals surface area contributed by atoms with Crippen molar-refractivity contribution < 1.29 is 9.59 Å². The maximum absolute atomic E-state index is 12.6. The number of hydrogen-bond donors (Lipinski definition) is 3. The Hall–Kier alpha value is -3.60. The summed E-state index contributed by atoms with van der Waals surface area (Å²) in [6.07, 6.45) is 3.11. The van der Waals surface area contributed by atoms with Gasteiger partial charge in [-0.2, -0.15) is 0 Å². The highest BCUT2D eigenvalue weighted by molar-refractivity contribution is 6.04. The summed E-state index contributed by atoms with van der Waals surface area (Å²) in [5, 5.41) is 9.29. The van der Waals surface area contributed by atoms with Crippen molar-refractivity contribution >= 4 is 23.2 Å². The number of amides is 2. The van der Waals surface area contributed by atoms with Gasteiger partial charge in [0.05, 0.1) is 12.6 Å². The first-order valence-corrected chi connectivity index (χ1v) is 10.7. The summed E-state index contributed by atoms with van der Waals surface area (Å²) < 4.78 is 0. The van der Waals surface area contributed by atoms with E-state index in [0.717, 1.165) is 30.5 Å². The lowest BCUT2D eigenvalue weighted by Crippen LogP contribution is -2.35. The number of hydrogen-bond acceptors (Lipinski definition) is 3. The largest absolute Gasteiger partial charge is 0.376 e. The van der Waals surface area contributed by atoms with Crippen molar-refractivity contribution in [1.82, 2.24) is 5.32 Å². The first-order chi connectivity index (χ1) is 15.1. The van der Waals surface area contributed by atoms with E-state index in [2.05, 4.69) is 34.1 Å². The molecule has 0 aliphatic heterocycles. The zero-order valence-electron chi connectivity index (χ0n) is 17.7. The number of fused-ring (bicyclic) bond motifs is 1. The first kappa shape index (κ1) is 20.7. The zero-order valence-corrected chi connectivity index (χ0v) is 17.7. The molecular weight excluding hydrogens is 386 g/mol. The van der Waals surface area contributed by atoms with Gasteiger partial charge in [0, 0.05) is 16.9 Å². The van der Waals surface area contributed by atoms with Crippen molar-refractivity contribution in [2.75, 3.05) is 17.2 Å². The number of benzene rings is 3. The lowest BCUT2D eigenvalue weighted by atomic mass is 9.88. The molecule has 3 N–H and O–H groups in total. The summed E-state index contributed by atoms with van der Waals surface area (Å²) in [6, 6.07) is 23.1. The molecule has 2 amide bonds. The van der Waals surface area contributed by atoms with Gasteiger partial charge in [0.1, 0.15) is 0 Å². The number of carbonyl (C=O) groups excluding carboxylic acids is 2. The molecule has 3 aromatic rings. The van der Waals surface area contributed by atoms with Gasteiger partial charge in [0.2, 0.25) is 5.91 Å². The molecule has 1 unspecified atom stereocenters. The van der Waals surface area contributed by atoms with E-state index in [9.17, 15) is 9.59 Å². The lowest BCUT2D eigenvalue weighted by molar-refractivity contribution is -0.120. The Kier molecular flexibility index (Phi) is 6.32. The smallest absolute Gasteiger partial charge is 0.255 e. The van der Waals surface area contributed by atoms with E-state index in [4.69, 9.17) is 0 Å². The molecule has 0 bridgehead atoms. The van der Waals surface area contributed by atoms with Gasteiger partial charge in [0.15, 0.2) is 0 Å². The quantitative estimate of drug-likeness (QED) is 0.541. The maximum atomic E-state index is 12.6. The molecule has 31 heavy (non-hydrogen) atoms. The fourth-order valence-electron chi connectivity index (χ4n) is 4.01. The van der Waals surface area contributed by atoms with Crippen molar-refractivity contribution in [2.24, 2.45) is 0 Å². The average Bonchev–Trinajstić information content (AvgIpc) is 2.80. The second-order valence-corrected chi connectivity index (χ2v) is 7.91. The van der Waals surface area contributed by atoms with Crippen LogP contribution in [0, 0.1) is 6.92 Å². The minimum absolute atomic E-state index is 0.0418. The van der Waals surface area contributed by atoms with Gasteiger partial charge in [-0.1, -0.05) is 48.5 Å². The predicted molar refractivity (Wildman–Crippen MR) is 124 cm³/mol. The Morgan fingerprint density at radius 3 is 2.58 bits per heavy atom. The fraction of sp³-hybridized carbons (Fsp3) is 0.231. The number of aryl methyl sites for hydroxylation is 2. The van der Waals surface area contributed by atoms with Crippen LogP contribution in [0.25, 0.3) is 0 Å². The van der Waals surface area contributed by atoms with Crippen LogP contribution in [0.15, 0.2) is 72.8 Å². The molecule has 3 aromatic carbocycles. The van der Waals surface area contributed by atoms with Gasteiger partial charge in [-0.3, -0.25) is 9.59 Å². The molecule has 0 fully saturated rings. The molecule has 0 spiro atoms. The van der Waals surface area contributed by atoms with E-state index in [0.29, 0.717) is 11.3 Å². The minimum atomic E-state index is -0.163. The second-order valence-electron chi connectivity index (χ2n) is 7.91. The fourth-order valence-corrected chi connectivity index (χ4v) is 4.01. The molecule has 4 rings (SSSR count). The Labute approximate surface area is 182 Å². The SMILES string of the molecule is Cc1ccc(NC(=O)c2ccccc2)cc1NCC(=O)NC1CCCc2ccccc21. The molecule has 0 radical (unpaired) electrons. The van der Waals surface area contributed by atoms with Crippen molar-refractivity contribution in [3.63, 3.8) is 0 Å². The van der Waals surface area contributed by atoms with Crippen molar-refractivity contribution in [3.05, 3.63) is 95.1 Å². The summed E-state index contributed by atoms with van der Waals surface area (Å²) in [7, 11) is 0. The summed E-state index contributed by atoms with van der Waals surface area (Å²) in [6.45, 7) is 2.15. The van der Waals surface area contributed by atoms with Gasteiger partial charge < -0.3 is 16.0 Å². The van der Waals surface area contributed by atoms with Gasteiger partial charge in [-0.15, -0.1) is 0 Å². The van der Waals surface area contributed by atoms with E-state index in [1.165, 1.54) is 11.1 Å². The van der Waals surface area contributed by atoms with Crippen molar-refractivity contribution in [1.29, 1.82) is 0 Å². The van der Waals surface area contributed by atoms with Crippen LogP contribution >= 0.6 is 0 Å². The highest BCUT2D eigenvalue weighted by Crippen LogP contribution is 2.29. The summed E-state index contributed by atoms with van der Waals surface area (Å²) in [5.41, 5.74) is 5.67. The van der Waals surface area contributed by atoms with Crippen LogP contribution in [0.5, 0.6) is 0 Å². The highest BCUT2D eigenvalue weighted by atomic mass is 16.2. The van der Waals surface area contributed by atoms with Crippen LogP contribution < -0.4 is 16.0 Å². The summed E-state index contributed by atoms with van der Waals surface area (Å²) in [4.78, 5) is 25.0. The third kappa shape index (κ3) is 5.12. The van der Waals surface area contributed by atoms with Crippen molar-refractivity contribution in [2.45, 2.75) is 32.2 Å². The number of anilines is 2. The third-order valence-corrected chi connectivity index (χ3v) is 5.68. The monoisotopic (exact) mass is 413 g/mol. The Morgan fingerprint density at radius 1 is 0.968 bits per heavy atom. The second kappa shape index (κ2) is 9.47. The van der Waals surface area contributed by atoms with Crippen LogP contribution in [0.2, 0.25) is 0 Å². The van der Waals surface area contributed by atoms with E-state index in [1.807, 2.05) is 49.4 Å². The molecule has 1 atom stereocenters. The lowest BCUT2D eigenvalue weighted by Gasteiger charge is -2.26. The van der Waals surface area contributed by atoms with E-state index >= 15 is 0 Å². The van der Waals surface area contributed by atoms with Gasteiger partial charge in [-0.25, -0.2) is 0 Å². The summed E-state index contributed by atoms with van der Waals surface area (Å²) >= 11 is 0. The van der Waals surface area contributed by atoms with Crippen LogP contribution in [0.1, 0.15) is 45.9 Å². The van der Waals surface area contributed by atoms with E-state index in [-0.39, 0.29) is 24.4 Å². The number of carbonyl (C=O) groups is 2. The molecule has 0 aromatic heterocycles. The van der Waals surface area contributed by atoms with Crippen LogP contribution in [0.3, 0.4) is 0 Å². The van der Waals surface area contributed by atoms with Gasteiger partial charge in [0.25, 0.3) is 5.91 Å². The molecule has 158 valence electrons. The van der Waals surface area contributed by atoms with Crippen LogP contribution in [-0.2, 0) is 11.2 Å². The molecular formula is C26H27N3O2.